The summed E-state index contributed by atoms with van der Waals surface area (Å²) in [5.74, 6) is -0.0114. The van der Waals surface area contributed by atoms with E-state index in [4.69, 9.17) is 0 Å². The number of carbonyl (C=O) groups excluding carboxylic acids is 1. The third-order valence-electron chi connectivity index (χ3n) is 3.02. The molecule has 2 heterocycles. The van der Waals surface area contributed by atoms with Crippen molar-refractivity contribution in [2.75, 3.05) is 20.1 Å². The summed E-state index contributed by atoms with van der Waals surface area (Å²) in [6.07, 6.45) is 5.40. The minimum Gasteiger partial charge on any atom is -0.349 e. The van der Waals surface area contributed by atoms with Gasteiger partial charge in [-0.2, -0.15) is 5.10 Å². The van der Waals surface area contributed by atoms with E-state index in [0.29, 0.717) is 11.6 Å². The summed E-state index contributed by atoms with van der Waals surface area (Å²) in [5.41, 5.74) is 0.640. The van der Waals surface area contributed by atoms with E-state index in [2.05, 4.69) is 22.4 Å². The van der Waals surface area contributed by atoms with Crippen molar-refractivity contribution in [1.82, 2.24) is 20.0 Å². The number of hydrogen-bond acceptors (Lipinski definition) is 3. The van der Waals surface area contributed by atoms with Crippen molar-refractivity contribution < 1.29 is 4.79 Å². The smallest absolute Gasteiger partial charge is 0.254 e. The highest BCUT2D eigenvalue weighted by molar-refractivity contribution is 5.93. The van der Waals surface area contributed by atoms with E-state index in [9.17, 15) is 4.79 Å². The largest absolute Gasteiger partial charge is 0.349 e. The second kappa shape index (κ2) is 4.65. The van der Waals surface area contributed by atoms with Gasteiger partial charge in [0.05, 0.1) is 11.8 Å². The normalized spacial score (nSPS) is 18.6. The molecule has 0 unspecified atom stereocenters. The summed E-state index contributed by atoms with van der Waals surface area (Å²) in [6.45, 7) is 2.11. The van der Waals surface area contributed by atoms with Gasteiger partial charge in [-0.25, -0.2) is 0 Å². The van der Waals surface area contributed by atoms with Crippen LogP contribution in [0, 0.1) is 0 Å². The van der Waals surface area contributed by atoms with Crippen LogP contribution in [0.25, 0.3) is 0 Å². The fourth-order valence-electron chi connectivity index (χ4n) is 1.96. The standard InChI is InChI=1S/C11H18N4O/c1-14-5-3-10(4-6-14)13-11(16)9-7-12-15(2)8-9/h7-8,10H,3-6H2,1-2H3,(H,13,16). The Morgan fingerprint density at radius 2 is 2.12 bits per heavy atom. The molecule has 2 rings (SSSR count). The first-order valence-electron chi connectivity index (χ1n) is 5.63. The maximum atomic E-state index is 11.8. The van der Waals surface area contributed by atoms with E-state index < -0.39 is 0 Å². The zero-order valence-electron chi connectivity index (χ0n) is 9.81. The zero-order valence-corrected chi connectivity index (χ0v) is 9.81. The van der Waals surface area contributed by atoms with Crippen LogP contribution in [-0.4, -0.2) is 46.8 Å². The molecule has 0 atom stereocenters. The van der Waals surface area contributed by atoms with E-state index in [1.165, 1.54) is 0 Å². The van der Waals surface area contributed by atoms with Crippen molar-refractivity contribution in [3.8, 4) is 0 Å². The van der Waals surface area contributed by atoms with Crippen molar-refractivity contribution in [3.05, 3.63) is 18.0 Å². The summed E-state index contributed by atoms with van der Waals surface area (Å²) >= 11 is 0. The molecular formula is C11H18N4O. The third kappa shape index (κ3) is 2.61. The van der Waals surface area contributed by atoms with E-state index in [1.54, 1.807) is 17.1 Å². The topological polar surface area (TPSA) is 50.2 Å². The second-order valence-corrected chi connectivity index (χ2v) is 4.45. The van der Waals surface area contributed by atoms with Gasteiger partial charge in [-0.15, -0.1) is 0 Å². The summed E-state index contributed by atoms with van der Waals surface area (Å²) in [4.78, 5) is 14.1. The van der Waals surface area contributed by atoms with E-state index in [-0.39, 0.29) is 5.91 Å². The molecular weight excluding hydrogens is 204 g/mol. The quantitative estimate of drug-likeness (QED) is 0.780. The summed E-state index contributed by atoms with van der Waals surface area (Å²) in [7, 11) is 3.92. The molecule has 1 aliphatic heterocycles. The predicted molar refractivity (Wildman–Crippen MR) is 61.2 cm³/mol. The van der Waals surface area contributed by atoms with Gasteiger partial charge in [0, 0.05) is 19.3 Å². The molecule has 5 nitrogen and oxygen atoms in total. The molecule has 0 aliphatic carbocycles. The fourth-order valence-corrected chi connectivity index (χ4v) is 1.96. The molecule has 5 heteroatoms. The van der Waals surface area contributed by atoms with Gasteiger partial charge in [-0.1, -0.05) is 0 Å². The average molecular weight is 222 g/mol. The first-order valence-corrected chi connectivity index (χ1v) is 5.63. The number of amides is 1. The number of aryl methyl sites for hydroxylation is 1. The Morgan fingerprint density at radius 3 is 2.69 bits per heavy atom. The highest BCUT2D eigenvalue weighted by atomic mass is 16.1. The van der Waals surface area contributed by atoms with Gasteiger partial charge in [0.1, 0.15) is 0 Å². The summed E-state index contributed by atoms with van der Waals surface area (Å²) in [6, 6.07) is 0.309. The van der Waals surface area contributed by atoms with Gasteiger partial charge in [-0.3, -0.25) is 9.48 Å². The number of piperidine rings is 1. The molecule has 1 N–H and O–H groups in total. The third-order valence-corrected chi connectivity index (χ3v) is 3.02. The average Bonchev–Trinajstić information content (AvgIpc) is 2.68. The highest BCUT2D eigenvalue weighted by Crippen LogP contribution is 2.09. The number of aromatic nitrogens is 2. The van der Waals surface area contributed by atoms with Gasteiger partial charge in [0.2, 0.25) is 0 Å². The molecule has 1 aliphatic rings. The Balaban J connectivity index is 1.88. The molecule has 1 amide bonds. The van der Waals surface area contributed by atoms with Crippen LogP contribution >= 0.6 is 0 Å². The van der Waals surface area contributed by atoms with Gasteiger partial charge < -0.3 is 10.2 Å². The Morgan fingerprint density at radius 1 is 1.44 bits per heavy atom. The van der Waals surface area contributed by atoms with Gasteiger partial charge in [0.25, 0.3) is 5.91 Å². The van der Waals surface area contributed by atoms with Gasteiger partial charge in [-0.05, 0) is 33.0 Å². The molecule has 0 radical (unpaired) electrons. The van der Waals surface area contributed by atoms with Crippen LogP contribution in [0.15, 0.2) is 12.4 Å². The molecule has 88 valence electrons. The molecule has 1 aromatic heterocycles. The maximum Gasteiger partial charge on any atom is 0.254 e. The lowest BCUT2D eigenvalue weighted by molar-refractivity contribution is 0.0917. The van der Waals surface area contributed by atoms with Crippen LogP contribution < -0.4 is 5.32 Å². The summed E-state index contributed by atoms with van der Waals surface area (Å²) in [5, 5.41) is 7.04. The van der Waals surface area contributed by atoms with Crippen molar-refractivity contribution in [2.24, 2.45) is 7.05 Å². The Bertz CT molecular complexity index is 366. The second-order valence-electron chi connectivity index (χ2n) is 4.45. The maximum absolute atomic E-state index is 11.8. The number of hydrogen-bond donors (Lipinski definition) is 1. The van der Waals surface area contributed by atoms with Crippen molar-refractivity contribution in [3.63, 3.8) is 0 Å². The number of nitrogens with zero attached hydrogens (tertiary/aromatic N) is 3. The first-order chi connectivity index (χ1) is 7.65. The van der Waals surface area contributed by atoms with Crippen LogP contribution in [0.3, 0.4) is 0 Å². The Hall–Kier alpha value is -1.36. The van der Waals surface area contributed by atoms with Crippen LogP contribution in [0.1, 0.15) is 23.2 Å². The lowest BCUT2D eigenvalue weighted by Gasteiger charge is -2.29. The molecule has 16 heavy (non-hydrogen) atoms. The SMILES string of the molecule is CN1CCC(NC(=O)c2cnn(C)c2)CC1. The minimum atomic E-state index is -0.0114. The Kier molecular flexibility index (Phi) is 3.24. The molecule has 0 aromatic carbocycles. The van der Waals surface area contributed by atoms with Gasteiger partial charge in [0.15, 0.2) is 0 Å². The monoisotopic (exact) mass is 222 g/mol. The lowest BCUT2D eigenvalue weighted by atomic mass is 10.1. The first kappa shape index (κ1) is 11.1. The van der Waals surface area contributed by atoms with E-state index in [0.717, 1.165) is 25.9 Å². The molecule has 0 bridgehead atoms. The van der Waals surface area contributed by atoms with Crippen LogP contribution in [-0.2, 0) is 7.05 Å². The molecule has 1 fully saturated rings. The minimum absolute atomic E-state index is 0.0114. The molecule has 1 aromatic rings. The number of nitrogens with one attached hydrogen (secondary N) is 1. The van der Waals surface area contributed by atoms with E-state index >= 15 is 0 Å². The fraction of sp³-hybridized carbons (Fsp3) is 0.636. The molecule has 0 spiro atoms. The number of likely N-dealkylation sites (tertiary alicyclic amines) is 1. The number of carbonyl (C=O) groups is 1. The zero-order chi connectivity index (χ0) is 11.5. The van der Waals surface area contributed by atoms with E-state index in [1.807, 2.05) is 7.05 Å². The van der Waals surface area contributed by atoms with Crippen molar-refractivity contribution in [1.29, 1.82) is 0 Å². The Labute approximate surface area is 95.4 Å². The predicted octanol–water partition coefficient (Wildman–Crippen LogP) is 0.244. The van der Waals surface area contributed by atoms with Crippen molar-refractivity contribution >= 4 is 5.91 Å². The highest BCUT2D eigenvalue weighted by Gasteiger charge is 2.19. The molecule has 0 saturated carbocycles. The van der Waals surface area contributed by atoms with Crippen LogP contribution in [0.5, 0.6) is 0 Å². The summed E-state index contributed by atoms with van der Waals surface area (Å²) < 4.78 is 1.64. The van der Waals surface area contributed by atoms with Crippen molar-refractivity contribution in [2.45, 2.75) is 18.9 Å². The molecule has 1 saturated heterocycles. The van der Waals surface area contributed by atoms with Crippen LogP contribution in [0.2, 0.25) is 0 Å². The van der Waals surface area contributed by atoms with Crippen LogP contribution in [0.4, 0.5) is 0 Å². The number of rotatable bonds is 2. The van der Waals surface area contributed by atoms with Gasteiger partial charge >= 0.3 is 0 Å². The lowest BCUT2D eigenvalue weighted by Crippen LogP contribution is -2.43.